The highest BCUT2D eigenvalue weighted by Gasteiger charge is 2.29. The van der Waals surface area contributed by atoms with Crippen molar-refractivity contribution in [3.8, 4) is 0 Å². The SMILES string of the molecule is O=C(c1cncc(Br)c1)N1CCCSCC1CN1CCOCC1. The van der Waals surface area contributed by atoms with E-state index in [1.54, 1.807) is 12.4 Å². The predicted octanol–water partition coefficient (Wildman–Crippen LogP) is 2.12. The Morgan fingerprint density at radius 3 is 2.96 bits per heavy atom. The van der Waals surface area contributed by atoms with Gasteiger partial charge in [0, 0.05) is 48.8 Å². The van der Waals surface area contributed by atoms with Crippen molar-refractivity contribution in [1.82, 2.24) is 14.8 Å². The van der Waals surface area contributed by atoms with Gasteiger partial charge in [0.2, 0.25) is 0 Å². The summed E-state index contributed by atoms with van der Waals surface area (Å²) in [7, 11) is 0. The number of hydrogen-bond acceptors (Lipinski definition) is 5. The average molecular weight is 400 g/mol. The Bertz CT molecular complexity index is 540. The molecule has 5 nitrogen and oxygen atoms in total. The molecule has 0 bridgehead atoms. The van der Waals surface area contributed by atoms with E-state index in [1.807, 2.05) is 17.8 Å². The molecule has 2 aliphatic rings. The first-order valence-corrected chi connectivity index (χ1v) is 9.98. The fraction of sp³-hybridized carbons (Fsp3) is 0.625. The molecule has 23 heavy (non-hydrogen) atoms. The lowest BCUT2D eigenvalue weighted by Crippen LogP contribution is -2.50. The highest BCUT2D eigenvalue weighted by molar-refractivity contribution is 9.10. The molecule has 1 unspecified atom stereocenters. The van der Waals surface area contributed by atoms with Crippen LogP contribution in [-0.4, -0.2) is 77.6 Å². The van der Waals surface area contributed by atoms with Crippen LogP contribution < -0.4 is 0 Å². The Labute approximate surface area is 149 Å². The van der Waals surface area contributed by atoms with Crippen molar-refractivity contribution >= 4 is 33.6 Å². The third-order valence-electron chi connectivity index (χ3n) is 4.22. The van der Waals surface area contributed by atoms with Crippen molar-refractivity contribution in [2.75, 3.05) is 50.9 Å². The Morgan fingerprint density at radius 1 is 1.35 bits per heavy atom. The quantitative estimate of drug-likeness (QED) is 0.778. The predicted molar refractivity (Wildman–Crippen MR) is 96.0 cm³/mol. The van der Waals surface area contributed by atoms with Crippen LogP contribution in [0.25, 0.3) is 0 Å². The van der Waals surface area contributed by atoms with Gasteiger partial charge in [0.25, 0.3) is 5.91 Å². The summed E-state index contributed by atoms with van der Waals surface area (Å²) in [5.41, 5.74) is 0.665. The molecule has 2 saturated heterocycles. The minimum atomic E-state index is 0.0968. The molecule has 0 N–H and O–H groups in total. The number of halogens is 1. The summed E-state index contributed by atoms with van der Waals surface area (Å²) < 4.78 is 6.27. The molecule has 7 heteroatoms. The first-order chi connectivity index (χ1) is 11.2. The maximum Gasteiger partial charge on any atom is 0.255 e. The van der Waals surface area contributed by atoms with Crippen LogP contribution in [0.1, 0.15) is 16.8 Å². The van der Waals surface area contributed by atoms with Crippen molar-refractivity contribution in [1.29, 1.82) is 0 Å². The van der Waals surface area contributed by atoms with Crippen LogP contribution in [-0.2, 0) is 4.74 Å². The van der Waals surface area contributed by atoms with Gasteiger partial charge in [0.05, 0.1) is 24.8 Å². The van der Waals surface area contributed by atoms with Gasteiger partial charge in [-0.15, -0.1) is 0 Å². The van der Waals surface area contributed by atoms with Gasteiger partial charge < -0.3 is 9.64 Å². The smallest absolute Gasteiger partial charge is 0.255 e. The van der Waals surface area contributed by atoms with Crippen molar-refractivity contribution in [2.45, 2.75) is 12.5 Å². The summed E-state index contributed by atoms with van der Waals surface area (Å²) >= 11 is 5.36. The van der Waals surface area contributed by atoms with Crippen molar-refractivity contribution in [3.63, 3.8) is 0 Å². The number of thioether (sulfide) groups is 1. The molecular weight excluding hydrogens is 378 g/mol. The molecule has 3 heterocycles. The normalized spacial score (nSPS) is 23.5. The van der Waals surface area contributed by atoms with Gasteiger partial charge in [-0.05, 0) is 34.2 Å². The largest absolute Gasteiger partial charge is 0.379 e. The summed E-state index contributed by atoms with van der Waals surface area (Å²) in [5, 5.41) is 0. The van der Waals surface area contributed by atoms with E-state index in [-0.39, 0.29) is 11.9 Å². The van der Waals surface area contributed by atoms with Crippen LogP contribution in [0.4, 0.5) is 0 Å². The zero-order valence-electron chi connectivity index (χ0n) is 13.1. The molecule has 2 fully saturated rings. The van der Waals surface area contributed by atoms with Crippen LogP contribution in [0, 0.1) is 0 Å². The molecule has 3 rings (SSSR count). The van der Waals surface area contributed by atoms with Gasteiger partial charge in [-0.3, -0.25) is 14.7 Å². The summed E-state index contributed by atoms with van der Waals surface area (Å²) in [6, 6.07) is 2.12. The van der Waals surface area contributed by atoms with Crippen LogP contribution >= 0.6 is 27.7 Å². The second-order valence-corrected chi connectivity index (χ2v) is 7.95. The van der Waals surface area contributed by atoms with E-state index in [2.05, 4.69) is 30.7 Å². The van der Waals surface area contributed by atoms with E-state index >= 15 is 0 Å². The van der Waals surface area contributed by atoms with Crippen LogP contribution in [0.2, 0.25) is 0 Å². The van der Waals surface area contributed by atoms with Crippen molar-refractivity contribution in [3.05, 3.63) is 28.5 Å². The number of carbonyl (C=O) groups excluding carboxylic acids is 1. The van der Waals surface area contributed by atoms with Crippen molar-refractivity contribution in [2.24, 2.45) is 0 Å². The van der Waals surface area contributed by atoms with Gasteiger partial charge in [0.15, 0.2) is 0 Å². The van der Waals surface area contributed by atoms with Gasteiger partial charge in [-0.1, -0.05) is 0 Å². The first-order valence-electron chi connectivity index (χ1n) is 8.03. The highest BCUT2D eigenvalue weighted by Crippen LogP contribution is 2.21. The lowest BCUT2D eigenvalue weighted by molar-refractivity contribution is 0.0245. The first kappa shape index (κ1) is 17.2. The number of carbonyl (C=O) groups is 1. The fourth-order valence-electron chi connectivity index (χ4n) is 3.02. The standard InChI is InChI=1S/C16H22BrN3O2S/c17-14-8-13(9-18-10-14)16(21)20-2-1-7-23-12-15(20)11-19-3-5-22-6-4-19/h8-10,15H,1-7,11-12H2. The molecule has 1 aromatic rings. The minimum absolute atomic E-state index is 0.0968. The zero-order valence-corrected chi connectivity index (χ0v) is 15.5. The summed E-state index contributed by atoms with van der Waals surface area (Å²) in [6.45, 7) is 5.27. The number of amides is 1. The van der Waals surface area contributed by atoms with Crippen LogP contribution in [0.15, 0.2) is 22.9 Å². The van der Waals surface area contributed by atoms with E-state index < -0.39 is 0 Å². The summed E-state index contributed by atoms with van der Waals surface area (Å²) in [6.07, 6.45) is 4.43. The molecule has 0 radical (unpaired) electrons. The second-order valence-electron chi connectivity index (χ2n) is 5.89. The molecule has 1 aromatic heterocycles. The third kappa shape index (κ3) is 4.68. The lowest BCUT2D eigenvalue weighted by atomic mass is 10.1. The van der Waals surface area contributed by atoms with E-state index in [0.29, 0.717) is 5.56 Å². The van der Waals surface area contributed by atoms with Crippen molar-refractivity contribution < 1.29 is 9.53 Å². The molecule has 2 aliphatic heterocycles. The maximum absolute atomic E-state index is 13.0. The number of aromatic nitrogens is 1. The number of rotatable bonds is 3. The Kier molecular flexibility index (Phi) is 6.33. The number of pyridine rings is 1. The van der Waals surface area contributed by atoms with E-state index in [4.69, 9.17) is 4.74 Å². The Hall–Kier alpha value is -0.630. The fourth-order valence-corrected chi connectivity index (χ4v) is 4.45. The van der Waals surface area contributed by atoms with Gasteiger partial charge in [-0.25, -0.2) is 0 Å². The Balaban J connectivity index is 1.73. The van der Waals surface area contributed by atoms with E-state index in [0.717, 1.165) is 61.8 Å². The van der Waals surface area contributed by atoms with Gasteiger partial charge >= 0.3 is 0 Å². The Morgan fingerprint density at radius 2 is 2.17 bits per heavy atom. The minimum Gasteiger partial charge on any atom is -0.379 e. The van der Waals surface area contributed by atoms with Gasteiger partial charge in [0.1, 0.15) is 0 Å². The molecule has 0 aromatic carbocycles. The van der Waals surface area contributed by atoms with Crippen LogP contribution in [0.5, 0.6) is 0 Å². The zero-order chi connectivity index (χ0) is 16.1. The molecule has 126 valence electrons. The molecule has 0 spiro atoms. The monoisotopic (exact) mass is 399 g/mol. The van der Waals surface area contributed by atoms with E-state index in [9.17, 15) is 4.79 Å². The molecular formula is C16H22BrN3O2S. The lowest BCUT2D eigenvalue weighted by Gasteiger charge is -2.35. The molecule has 0 saturated carbocycles. The van der Waals surface area contributed by atoms with Crippen LogP contribution in [0.3, 0.4) is 0 Å². The molecule has 1 amide bonds. The summed E-state index contributed by atoms with van der Waals surface area (Å²) in [4.78, 5) is 21.6. The van der Waals surface area contributed by atoms with Gasteiger partial charge in [-0.2, -0.15) is 11.8 Å². The second kappa shape index (κ2) is 8.46. The third-order valence-corrected chi connectivity index (χ3v) is 5.86. The highest BCUT2D eigenvalue weighted by atomic mass is 79.9. The number of morpholine rings is 1. The topological polar surface area (TPSA) is 45.7 Å². The molecule has 0 aliphatic carbocycles. The number of hydrogen-bond donors (Lipinski definition) is 0. The maximum atomic E-state index is 13.0. The average Bonchev–Trinajstić information content (AvgIpc) is 2.81. The number of nitrogens with zero attached hydrogens (tertiary/aromatic N) is 3. The number of ether oxygens (including phenoxy) is 1. The summed E-state index contributed by atoms with van der Waals surface area (Å²) in [5.74, 6) is 2.23. The molecule has 1 atom stereocenters. The van der Waals surface area contributed by atoms with E-state index in [1.165, 1.54) is 0 Å².